The van der Waals surface area contributed by atoms with E-state index in [1.54, 1.807) is 42.5 Å². The smallest absolute Gasteiger partial charge is 0.245 e. The lowest BCUT2D eigenvalue weighted by atomic mass is 10.1. The summed E-state index contributed by atoms with van der Waals surface area (Å²) in [5, 5.41) is 11.4. The number of rotatable bonds is 7. The van der Waals surface area contributed by atoms with E-state index in [0.717, 1.165) is 21.7 Å². The first-order valence-corrected chi connectivity index (χ1v) is 9.97. The molecule has 0 radical (unpaired) electrons. The molecular formula is C19H21N3O4S. The van der Waals surface area contributed by atoms with Gasteiger partial charge in [-0.2, -0.15) is 5.26 Å². The van der Waals surface area contributed by atoms with Gasteiger partial charge >= 0.3 is 0 Å². The summed E-state index contributed by atoms with van der Waals surface area (Å²) in [5.41, 5.74) is 2.50. The van der Waals surface area contributed by atoms with Crippen molar-refractivity contribution in [2.75, 3.05) is 29.5 Å². The standard InChI is InChI=1S/C19H21N3O4S/c1-14-4-9-18(26-2)17(12-14)22(27(3,24)25)13-19(23)21-16-7-5-15(6-8-16)10-11-20/h4-9,12H,10,13H2,1-3H3,(H,21,23). The van der Waals surface area contributed by atoms with E-state index >= 15 is 0 Å². The summed E-state index contributed by atoms with van der Waals surface area (Å²) < 4.78 is 30.8. The summed E-state index contributed by atoms with van der Waals surface area (Å²) in [7, 11) is -2.27. The Bertz CT molecular complexity index is 963. The van der Waals surface area contributed by atoms with Crippen molar-refractivity contribution in [3.05, 3.63) is 53.6 Å². The van der Waals surface area contributed by atoms with E-state index in [1.807, 2.05) is 13.0 Å². The maximum Gasteiger partial charge on any atom is 0.245 e. The third-order valence-corrected chi connectivity index (χ3v) is 4.94. The molecule has 142 valence electrons. The molecule has 0 unspecified atom stereocenters. The van der Waals surface area contributed by atoms with Gasteiger partial charge in [0.1, 0.15) is 12.3 Å². The predicted molar refractivity (Wildman–Crippen MR) is 104 cm³/mol. The lowest BCUT2D eigenvalue weighted by Gasteiger charge is -2.24. The largest absolute Gasteiger partial charge is 0.495 e. The van der Waals surface area contributed by atoms with Gasteiger partial charge in [-0.3, -0.25) is 9.10 Å². The quantitative estimate of drug-likeness (QED) is 0.787. The fourth-order valence-electron chi connectivity index (χ4n) is 2.50. The van der Waals surface area contributed by atoms with Gasteiger partial charge in [0.2, 0.25) is 15.9 Å². The topological polar surface area (TPSA) is 99.5 Å². The first kappa shape index (κ1) is 20.3. The molecule has 1 amide bonds. The fourth-order valence-corrected chi connectivity index (χ4v) is 3.36. The van der Waals surface area contributed by atoms with Gasteiger partial charge in [-0.25, -0.2) is 8.42 Å². The van der Waals surface area contributed by atoms with Crippen molar-refractivity contribution in [1.82, 2.24) is 0 Å². The number of carbonyl (C=O) groups is 1. The maximum atomic E-state index is 12.4. The molecule has 0 aromatic heterocycles. The van der Waals surface area contributed by atoms with Crippen LogP contribution in [-0.4, -0.2) is 34.2 Å². The number of carbonyl (C=O) groups excluding carboxylic acids is 1. The Morgan fingerprint density at radius 3 is 2.44 bits per heavy atom. The van der Waals surface area contributed by atoms with Crippen LogP contribution >= 0.6 is 0 Å². The van der Waals surface area contributed by atoms with E-state index in [2.05, 4.69) is 5.32 Å². The van der Waals surface area contributed by atoms with Crippen molar-refractivity contribution in [3.63, 3.8) is 0 Å². The van der Waals surface area contributed by atoms with Crippen LogP contribution in [0.5, 0.6) is 5.75 Å². The number of nitriles is 1. The van der Waals surface area contributed by atoms with Crippen LogP contribution in [-0.2, 0) is 21.2 Å². The van der Waals surface area contributed by atoms with Crippen molar-refractivity contribution in [3.8, 4) is 11.8 Å². The summed E-state index contributed by atoms with van der Waals surface area (Å²) in [6.45, 7) is 1.44. The molecule has 0 heterocycles. The number of ether oxygens (including phenoxy) is 1. The van der Waals surface area contributed by atoms with Crippen LogP contribution in [0.15, 0.2) is 42.5 Å². The summed E-state index contributed by atoms with van der Waals surface area (Å²) >= 11 is 0. The molecular weight excluding hydrogens is 366 g/mol. The molecule has 0 saturated heterocycles. The molecule has 0 aliphatic heterocycles. The Morgan fingerprint density at radius 2 is 1.89 bits per heavy atom. The highest BCUT2D eigenvalue weighted by atomic mass is 32.2. The number of aryl methyl sites for hydroxylation is 1. The van der Waals surface area contributed by atoms with Gasteiger partial charge in [0, 0.05) is 5.69 Å². The van der Waals surface area contributed by atoms with E-state index < -0.39 is 22.5 Å². The number of sulfonamides is 1. The van der Waals surface area contributed by atoms with Crippen molar-refractivity contribution in [2.45, 2.75) is 13.3 Å². The minimum absolute atomic E-state index is 0.281. The van der Waals surface area contributed by atoms with Gasteiger partial charge in [-0.15, -0.1) is 0 Å². The summed E-state index contributed by atoms with van der Waals surface area (Å²) in [6.07, 6.45) is 1.32. The number of amides is 1. The molecule has 2 aromatic rings. The zero-order valence-electron chi connectivity index (χ0n) is 15.4. The van der Waals surface area contributed by atoms with E-state index in [-0.39, 0.29) is 6.42 Å². The summed E-state index contributed by atoms with van der Waals surface area (Å²) in [6, 6.07) is 14.0. The highest BCUT2D eigenvalue weighted by Crippen LogP contribution is 2.30. The lowest BCUT2D eigenvalue weighted by Crippen LogP contribution is -2.37. The van der Waals surface area contributed by atoms with Crippen LogP contribution in [0.3, 0.4) is 0 Å². The number of benzene rings is 2. The number of nitrogens with one attached hydrogen (secondary N) is 1. The van der Waals surface area contributed by atoms with Gasteiger partial charge < -0.3 is 10.1 Å². The second kappa shape index (κ2) is 8.56. The summed E-state index contributed by atoms with van der Waals surface area (Å²) in [5.74, 6) is -0.128. The zero-order valence-corrected chi connectivity index (χ0v) is 16.2. The van der Waals surface area contributed by atoms with Crippen LogP contribution in [0, 0.1) is 18.3 Å². The molecule has 0 saturated carbocycles. The molecule has 0 fully saturated rings. The molecule has 7 nitrogen and oxygen atoms in total. The summed E-state index contributed by atoms with van der Waals surface area (Å²) in [4.78, 5) is 12.4. The number of nitrogens with zero attached hydrogens (tertiary/aromatic N) is 2. The zero-order chi connectivity index (χ0) is 20.0. The highest BCUT2D eigenvalue weighted by Gasteiger charge is 2.24. The number of hydrogen-bond acceptors (Lipinski definition) is 5. The van der Waals surface area contributed by atoms with E-state index in [9.17, 15) is 13.2 Å². The lowest BCUT2D eigenvalue weighted by molar-refractivity contribution is -0.114. The van der Waals surface area contributed by atoms with Crippen molar-refractivity contribution >= 4 is 27.3 Å². The minimum Gasteiger partial charge on any atom is -0.495 e. The minimum atomic E-state index is -3.71. The normalized spacial score (nSPS) is 10.7. The Morgan fingerprint density at radius 1 is 1.22 bits per heavy atom. The number of hydrogen-bond donors (Lipinski definition) is 1. The molecule has 0 bridgehead atoms. The van der Waals surface area contributed by atoms with Crippen LogP contribution in [0.25, 0.3) is 0 Å². The second-order valence-corrected chi connectivity index (χ2v) is 7.93. The maximum absolute atomic E-state index is 12.4. The van der Waals surface area contributed by atoms with Crippen LogP contribution in [0.2, 0.25) is 0 Å². The molecule has 1 N–H and O–H groups in total. The van der Waals surface area contributed by atoms with Gasteiger partial charge in [0.05, 0.1) is 31.5 Å². The van der Waals surface area contributed by atoms with Crippen molar-refractivity contribution < 1.29 is 17.9 Å². The first-order valence-electron chi connectivity index (χ1n) is 8.12. The molecule has 0 aliphatic carbocycles. The monoisotopic (exact) mass is 387 g/mol. The first-order chi connectivity index (χ1) is 12.7. The van der Waals surface area contributed by atoms with E-state index in [1.165, 1.54) is 7.11 Å². The van der Waals surface area contributed by atoms with Gasteiger partial charge in [-0.1, -0.05) is 18.2 Å². The highest BCUT2D eigenvalue weighted by molar-refractivity contribution is 7.92. The molecule has 0 spiro atoms. The molecule has 8 heteroatoms. The van der Waals surface area contributed by atoms with E-state index in [0.29, 0.717) is 17.1 Å². The Labute approximate surface area is 159 Å². The fraction of sp³-hybridized carbons (Fsp3) is 0.263. The van der Waals surface area contributed by atoms with Gasteiger partial charge in [0.15, 0.2) is 0 Å². The van der Waals surface area contributed by atoms with Gasteiger partial charge in [-0.05, 0) is 42.3 Å². The Hall–Kier alpha value is -3.05. The SMILES string of the molecule is COc1ccc(C)cc1N(CC(=O)Nc1ccc(CC#N)cc1)S(C)(=O)=O. The van der Waals surface area contributed by atoms with Crippen LogP contribution < -0.4 is 14.4 Å². The predicted octanol–water partition coefficient (Wildman–Crippen LogP) is 2.47. The number of anilines is 2. The van der Waals surface area contributed by atoms with Crippen LogP contribution in [0.1, 0.15) is 11.1 Å². The molecule has 0 atom stereocenters. The van der Waals surface area contributed by atoms with Crippen LogP contribution in [0.4, 0.5) is 11.4 Å². The average Bonchev–Trinajstić information content (AvgIpc) is 2.60. The third kappa shape index (κ3) is 5.46. The van der Waals surface area contributed by atoms with Gasteiger partial charge in [0.25, 0.3) is 0 Å². The molecule has 27 heavy (non-hydrogen) atoms. The Balaban J connectivity index is 2.23. The number of methoxy groups -OCH3 is 1. The Kier molecular flexibility index (Phi) is 6.42. The van der Waals surface area contributed by atoms with E-state index in [4.69, 9.17) is 10.00 Å². The average molecular weight is 387 g/mol. The molecule has 2 rings (SSSR count). The molecule has 2 aromatic carbocycles. The molecule has 0 aliphatic rings. The van der Waals surface area contributed by atoms with Crippen molar-refractivity contribution in [1.29, 1.82) is 5.26 Å². The van der Waals surface area contributed by atoms with Crippen molar-refractivity contribution in [2.24, 2.45) is 0 Å². The third-order valence-electron chi connectivity index (χ3n) is 3.81. The second-order valence-electron chi connectivity index (χ2n) is 6.02.